The topological polar surface area (TPSA) is 92.7 Å². The summed E-state index contributed by atoms with van der Waals surface area (Å²) in [7, 11) is 1.44. The number of fused-ring (bicyclic) bond motifs is 1. The molecular weight excluding hydrogens is 186 g/mol. The fourth-order valence-electron chi connectivity index (χ4n) is 1.16. The lowest BCUT2D eigenvalue weighted by atomic mass is 10.5. The second-order valence-electron chi connectivity index (χ2n) is 2.58. The minimum atomic E-state index is -0.528. The van der Waals surface area contributed by atoms with Crippen LogP contribution >= 0.6 is 0 Å². The molecule has 0 aliphatic rings. The molecular formula is C7H7N5O2. The average Bonchev–Trinajstić information content (AvgIpc) is 2.53. The van der Waals surface area contributed by atoms with E-state index in [2.05, 4.69) is 20.3 Å². The van der Waals surface area contributed by atoms with E-state index in [9.17, 15) is 9.59 Å². The molecule has 2 aromatic heterocycles. The minimum absolute atomic E-state index is 0.341. The summed E-state index contributed by atoms with van der Waals surface area (Å²) in [5.41, 5.74) is 0.172. The molecule has 2 heterocycles. The number of H-pyrrole nitrogens is 1. The van der Waals surface area contributed by atoms with E-state index in [1.165, 1.54) is 19.6 Å². The highest BCUT2D eigenvalue weighted by atomic mass is 16.2. The Morgan fingerprint density at radius 3 is 3.14 bits per heavy atom. The van der Waals surface area contributed by atoms with Crippen LogP contribution in [0.15, 0.2) is 17.3 Å². The number of carbonyl (C=O) groups excluding carboxylic acids is 1. The normalized spacial score (nSPS) is 10.4. The number of imidazole rings is 1. The highest BCUT2D eigenvalue weighted by Gasteiger charge is 2.12. The van der Waals surface area contributed by atoms with Crippen molar-refractivity contribution in [3.8, 4) is 0 Å². The first-order valence-corrected chi connectivity index (χ1v) is 3.87. The third-order valence-electron chi connectivity index (χ3n) is 1.78. The molecule has 0 unspecified atom stereocenters. The molecule has 1 amide bonds. The van der Waals surface area contributed by atoms with Crippen LogP contribution in [0.4, 0.5) is 4.79 Å². The Hall–Kier alpha value is -2.18. The number of hydrogen-bond acceptors (Lipinski definition) is 4. The van der Waals surface area contributed by atoms with Crippen molar-refractivity contribution in [2.24, 2.45) is 0 Å². The van der Waals surface area contributed by atoms with Crippen LogP contribution in [0, 0.1) is 0 Å². The summed E-state index contributed by atoms with van der Waals surface area (Å²) in [6, 6.07) is -0.518. The molecule has 0 saturated carbocycles. The molecule has 0 saturated heterocycles. The van der Waals surface area contributed by atoms with Crippen LogP contribution in [0.1, 0.15) is 0 Å². The van der Waals surface area contributed by atoms with E-state index in [1.54, 1.807) is 0 Å². The van der Waals surface area contributed by atoms with Gasteiger partial charge in [0.1, 0.15) is 11.8 Å². The molecule has 2 aromatic rings. The van der Waals surface area contributed by atoms with E-state index < -0.39 is 11.7 Å². The van der Waals surface area contributed by atoms with Gasteiger partial charge in [0.25, 0.3) is 0 Å². The molecule has 0 bridgehead atoms. The summed E-state index contributed by atoms with van der Waals surface area (Å²) in [5.74, 6) is 0. The lowest BCUT2D eigenvalue weighted by molar-refractivity contribution is 0.244. The minimum Gasteiger partial charge on any atom is -0.340 e. The van der Waals surface area contributed by atoms with Gasteiger partial charge in [-0.15, -0.1) is 0 Å². The molecule has 0 atom stereocenters. The van der Waals surface area contributed by atoms with Crippen LogP contribution in [0.25, 0.3) is 11.2 Å². The number of carbonyl (C=O) groups is 1. The van der Waals surface area contributed by atoms with Gasteiger partial charge in [-0.05, 0) is 0 Å². The van der Waals surface area contributed by atoms with Crippen LogP contribution in [-0.4, -0.2) is 32.6 Å². The van der Waals surface area contributed by atoms with E-state index in [0.717, 1.165) is 4.57 Å². The highest BCUT2D eigenvalue weighted by molar-refractivity contribution is 5.86. The Bertz CT molecular complexity index is 540. The van der Waals surface area contributed by atoms with Crippen LogP contribution in [0.5, 0.6) is 0 Å². The molecule has 0 fully saturated rings. The monoisotopic (exact) mass is 193 g/mol. The summed E-state index contributed by atoms with van der Waals surface area (Å²) < 4.78 is 0.940. The number of hydrogen-bond donors (Lipinski definition) is 2. The van der Waals surface area contributed by atoms with Crippen molar-refractivity contribution >= 4 is 17.2 Å². The molecule has 2 rings (SSSR count). The van der Waals surface area contributed by atoms with E-state index in [-0.39, 0.29) is 0 Å². The van der Waals surface area contributed by atoms with Crippen LogP contribution < -0.4 is 11.0 Å². The van der Waals surface area contributed by atoms with E-state index in [0.29, 0.717) is 11.2 Å². The Morgan fingerprint density at radius 2 is 2.43 bits per heavy atom. The van der Waals surface area contributed by atoms with Crippen LogP contribution in [0.2, 0.25) is 0 Å². The maximum atomic E-state index is 11.3. The molecule has 0 aliphatic carbocycles. The van der Waals surface area contributed by atoms with Crippen molar-refractivity contribution in [1.82, 2.24) is 24.8 Å². The Morgan fingerprint density at radius 1 is 1.64 bits per heavy atom. The van der Waals surface area contributed by atoms with Gasteiger partial charge >= 0.3 is 11.7 Å². The zero-order valence-electron chi connectivity index (χ0n) is 7.31. The first kappa shape index (κ1) is 8.42. The fourth-order valence-corrected chi connectivity index (χ4v) is 1.16. The van der Waals surface area contributed by atoms with E-state index in [1.807, 2.05) is 0 Å². The third kappa shape index (κ3) is 1.06. The standard InChI is InChI=1S/C7H7N5O2/c1-8-6(13)12-4-2-9-3-10-5(4)11-7(12)14/h2-3H,1H3,(H,8,13)(H,9,10,11,14). The highest BCUT2D eigenvalue weighted by Crippen LogP contribution is 2.02. The SMILES string of the molecule is CNC(=O)n1c(=O)[nH]c2ncncc21. The van der Waals surface area contributed by atoms with Crippen LogP contribution in [0.3, 0.4) is 0 Å². The summed E-state index contributed by atoms with van der Waals surface area (Å²) in [6.45, 7) is 0. The number of aromatic amines is 1. The van der Waals surface area contributed by atoms with Gasteiger partial charge in [0.15, 0.2) is 5.65 Å². The predicted molar refractivity (Wildman–Crippen MR) is 48.0 cm³/mol. The maximum Gasteiger partial charge on any atom is 0.336 e. The van der Waals surface area contributed by atoms with Crippen molar-refractivity contribution in [3.63, 3.8) is 0 Å². The number of aromatic nitrogens is 4. The zero-order chi connectivity index (χ0) is 10.1. The first-order chi connectivity index (χ1) is 6.74. The Balaban J connectivity index is 2.81. The molecule has 72 valence electrons. The third-order valence-corrected chi connectivity index (χ3v) is 1.78. The predicted octanol–water partition coefficient (Wildman–Crippen LogP) is -0.693. The number of rotatable bonds is 0. The van der Waals surface area contributed by atoms with Crippen molar-refractivity contribution in [2.75, 3.05) is 7.05 Å². The molecule has 7 heteroatoms. The van der Waals surface area contributed by atoms with Gasteiger partial charge in [0, 0.05) is 7.05 Å². The largest absolute Gasteiger partial charge is 0.340 e. The summed E-state index contributed by atoms with van der Waals surface area (Å²) >= 11 is 0. The molecule has 0 radical (unpaired) electrons. The lowest BCUT2D eigenvalue weighted by Crippen LogP contribution is -2.32. The summed E-state index contributed by atoms with van der Waals surface area (Å²) in [4.78, 5) is 32.6. The summed E-state index contributed by atoms with van der Waals surface area (Å²) in [5, 5.41) is 2.35. The van der Waals surface area contributed by atoms with Crippen molar-refractivity contribution in [2.45, 2.75) is 0 Å². The molecule has 0 aromatic carbocycles. The average molecular weight is 193 g/mol. The molecule has 2 N–H and O–H groups in total. The van der Waals surface area contributed by atoms with Crippen molar-refractivity contribution in [3.05, 3.63) is 23.0 Å². The van der Waals surface area contributed by atoms with E-state index >= 15 is 0 Å². The quantitative estimate of drug-likeness (QED) is 0.579. The number of nitrogens with one attached hydrogen (secondary N) is 2. The van der Waals surface area contributed by atoms with Gasteiger partial charge in [-0.25, -0.2) is 24.1 Å². The van der Waals surface area contributed by atoms with Gasteiger partial charge in [0.05, 0.1) is 6.20 Å². The fraction of sp³-hybridized carbons (Fsp3) is 0.143. The van der Waals surface area contributed by atoms with Gasteiger partial charge < -0.3 is 5.32 Å². The second kappa shape index (κ2) is 2.95. The Kier molecular flexibility index (Phi) is 1.77. The smallest absolute Gasteiger partial charge is 0.336 e. The van der Waals surface area contributed by atoms with Gasteiger partial charge in [-0.1, -0.05) is 0 Å². The molecule has 14 heavy (non-hydrogen) atoms. The molecule has 7 nitrogen and oxygen atoms in total. The van der Waals surface area contributed by atoms with Gasteiger partial charge in [-0.3, -0.25) is 4.98 Å². The summed E-state index contributed by atoms with van der Waals surface area (Å²) in [6.07, 6.45) is 2.70. The van der Waals surface area contributed by atoms with Gasteiger partial charge in [-0.2, -0.15) is 0 Å². The zero-order valence-corrected chi connectivity index (χ0v) is 7.31. The van der Waals surface area contributed by atoms with Crippen molar-refractivity contribution in [1.29, 1.82) is 0 Å². The first-order valence-electron chi connectivity index (χ1n) is 3.87. The van der Waals surface area contributed by atoms with E-state index in [4.69, 9.17) is 0 Å². The maximum absolute atomic E-state index is 11.3. The van der Waals surface area contributed by atoms with Crippen molar-refractivity contribution < 1.29 is 4.79 Å². The second-order valence-corrected chi connectivity index (χ2v) is 2.58. The molecule has 0 aliphatic heterocycles. The number of nitrogens with zero attached hydrogens (tertiary/aromatic N) is 3. The van der Waals surface area contributed by atoms with Crippen LogP contribution in [-0.2, 0) is 0 Å². The van der Waals surface area contributed by atoms with Gasteiger partial charge in [0.2, 0.25) is 0 Å². The molecule has 0 spiro atoms. The Labute approximate surface area is 77.8 Å². The lowest BCUT2D eigenvalue weighted by Gasteiger charge is -1.98. The number of amides is 1.